The van der Waals surface area contributed by atoms with Crippen LogP contribution in [0.4, 0.5) is 0 Å². The average Bonchev–Trinajstić information content (AvgIpc) is 3.09. The Morgan fingerprint density at radius 3 is 2.44 bits per heavy atom. The molecule has 2 aromatic carbocycles. The lowest BCUT2D eigenvalue weighted by atomic mass is 10.2. The van der Waals surface area contributed by atoms with Gasteiger partial charge in [-0.3, -0.25) is 9.69 Å². The van der Waals surface area contributed by atoms with E-state index in [1.807, 2.05) is 69.6 Å². The van der Waals surface area contributed by atoms with E-state index in [1.54, 1.807) is 10.4 Å². The van der Waals surface area contributed by atoms with E-state index in [0.717, 1.165) is 28.0 Å². The Bertz CT molecular complexity index is 1320. The maximum atomic E-state index is 13.2. The van der Waals surface area contributed by atoms with Gasteiger partial charge in [0.25, 0.3) is 5.91 Å². The number of aromatic nitrogens is 2. The van der Waals surface area contributed by atoms with Gasteiger partial charge in [-0.25, -0.2) is 13.4 Å². The highest BCUT2D eigenvalue weighted by Crippen LogP contribution is 2.23. The van der Waals surface area contributed by atoms with Gasteiger partial charge in [-0.15, -0.1) is 0 Å². The molecule has 9 heteroatoms. The molecule has 0 radical (unpaired) electrons. The number of imidazole rings is 1. The molecule has 1 amide bonds. The van der Waals surface area contributed by atoms with Crippen molar-refractivity contribution in [1.82, 2.24) is 24.1 Å². The van der Waals surface area contributed by atoms with Gasteiger partial charge in [0.1, 0.15) is 5.82 Å². The third kappa shape index (κ3) is 4.87. The van der Waals surface area contributed by atoms with Crippen LogP contribution in [0.25, 0.3) is 11.0 Å². The fourth-order valence-electron chi connectivity index (χ4n) is 4.33. The molecule has 1 fully saturated rings. The van der Waals surface area contributed by atoms with Crippen molar-refractivity contribution < 1.29 is 13.2 Å². The highest BCUT2D eigenvalue weighted by molar-refractivity contribution is 7.89. The highest BCUT2D eigenvalue weighted by Gasteiger charge is 2.30. The largest absolute Gasteiger partial charge is 0.350 e. The third-order valence-corrected chi connectivity index (χ3v) is 8.35. The Morgan fingerprint density at radius 2 is 1.76 bits per heavy atom. The summed E-state index contributed by atoms with van der Waals surface area (Å²) in [5, 5.41) is 2.91. The number of nitrogens with zero attached hydrogens (tertiary/aromatic N) is 4. The number of nitrogens with one attached hydrogen (secondary N) is 1. The summed E-state index contributed by atoms with van der Waals surface area (Å²) in [5.74, 6) is 0.785. The molecule has 0 unspecified atom stereocenters. The van der Waals surface area contributed by atoms with E-state index in [2.05, 4.69) is 10.2 Å². The molecular weight excluding hydrogens is 450 g/mol. The Labute approximate surface area is 201 Å². The zero-order chi connectivity index (χ0) is 24.6. The molecule has 4 rings (SSSR count). The molecule has 1 aromatic heterocycles. The van der Waals surface area contributed by atoms with Gasteiger partial charge in [0.15, 0.2) is 0 Å². The number of hydrogen-bond acceptors (Lipinski definition) is 5. The number of rotatable bonds is 6. The van der Waals surface area contributed by atoms with Gasteiger partial charge in [0.05, 0.1) is 22.5 Å². The molecule has 0 bridgehead atoms. The molecule has 0 aliphatic carbocycles. The van der Waals surface area contributed by atoms with Crippen LogP contribution < -0.4 is 5.32 Å². The second-order valence-electron chi connectivity index (χ2n) is 9.37. The van der Waals surface area contributed by atoms with Crippen LogP contribution in [0, 0.1) is 13.8 Å². The summed E-state index contributed by atoms with van der Waals surface area (Å²) in [4.78, 5) is 19.8. The van der Waals surface area contributed by atoms with E-state index in [0.29, 0.717) is 43.2 Å². The monoisotopic (exact) mass is 483 g/mol. The van der Waals surface area contributed by atoms with E-state index < -0.39 is 10.0 Å². The first-order valence-corrected chi connectivity index (χ1v) is 13.1. The molecule has 0 atom stereocenters. The van der Waals surface area contributed by atoms with E-state index in [4.69, 9.17) is 4.98 Å². The zero-order valence-corrected chi connectivity index (χ0v) is 21.3. The van der Waals surface area contributed by atoms with Crippen molar-refractivity contribution in [2.75, 3.05) is 26.2 Å². The predicted molar refractivity (Wildman–Crippen MR) is 133 cm³/mol. The number of benzene rings is 2. The minimum absolute atomic E-state index is 0.0693. The molecule has 34 heavy (non-hydrogen) atoms. The molecule has 2 heterocycles. The molecule has 3 aromatic rings. The molecular formula is C25H33N5O3S. The third-order valence-electron chi connectivity index (χ3n) is 6.31. The van der Waals surface area contributed by atoms with Gasteiger partial charge < -0.3 is 9.88 Å². The minimum Gasteiger partial charge on any atom is -0.350 e. The lowest BCUT2D eigenvalue weighted by Crippen LogP contribution is -2.48. The SMILES string of the molecule is Cc1ccc(C)c(S(=O)(=O)N2CCN(Cc3nc4cc(C(=O)NC(C)C)ccc4n3C)CC2)c1. The van der Waals surface area contributed by atoms with Gasteiger partial charge in [0.2, 0.25) is 10.0 Å². The standard InChI is InChI=1S/C25H33N5O3S/c1-17(2)26-25(31)20-8-9-22-21(15-20)27-24(28(22)5)16-29-10-12-30(13-11-29)34(32,33)23-14-18(3)6-7-19(23)4/h6-9,14-15,17H,10-13,16H2,1-5H3,(H,26,31). The molecule has 1 N–H and O–H groups in total. The van der Waals surface area contributed by atoms with Crippen LogP contribution in [0.3, 0.4) is 0 Å². The number of hydrogen-bond donors (Lipinski definition) is 1. The van der Waals surface area contributed by atoms with E-state index in [1.165, 1.54) is 0 Å². The number of sulfonamides is 1. The molecule has 8 nitrogen and oxygen atoms in total. The second-order valence-corrected chi connectivity index (χ2v) is 11.3. The van der Waals surface area contributed by atoms with Crippen LogP contribution in [0.1, 0.15) is 41.2 Å². The number of aryl methyl sites for hydroxylation is 3. The fraction of sp³-hybridized carbons (Fsp3) is 0.440. The van der Waals surface area contributed by atoms with Gasteiger partial charge in [-0.2, -0.15) is 4.31 Å². The number of piperazine rings is 1. The summed E-state index contributed by atoms with van der Waals surface area (Å²) >= 11 is 0. The van der Waals surface area contributed by atoms with E-state index in [9.17, 15) is 13.2 Å². The summed E-state index contributed by atoms with van der Waals surface area (Å²) in [6.45, 7) is 10.4. The van der Waals surface area contributed by atoms with Crippen molar-refractivity contribution in [3.8, 4) is 0 Å². The molecule has 1 aliphatic heterocycles. The molecule has 1 saturated heterocycles. The predicted octanol–water partition coefficient (Wildman–Crippen LogP) is 2.83. The van der Waals surface area contributed by atoms with Crippen molar-refractivity contribution in [3.63, 3.8) is 0 Å². The Balaban J connectivity index is 1.45. The first-order valence-electron chi connectivity index (χ1n) is 11.6. The Hall–Kier alpha value is -2.75. The number of amides is 1. The van der Waals surface area contributed by atoms with Gasteiger partial charge in [0, 0.05) is 44.8 Å². The molecule has 1 aliphatic rings. The van der Waals surface area contributed by atoms with Crippen molar-refractivity contribution in [2.45, 2.75) is 45.2 Å². The summed E-state index contributed by atoms with van der Waals surface area (Å²) in [7, 11) is -1.54. The topological polar surface area (TPSA) is 87.5 Å². The number of fused-ring (bicyclic) bond motifs is 1. The smallest absolute Gasteiger partial charge is 0.251 e. The number of carbonyl (C=O) groups is 1. The number of carbonyl (C=O) groups excluding carboxylic acids is 1. The van der Waals surface area contributed by atoms with Crippen LogP contribution in [-0.2, 0) is 23.6 Å². The van der Waals surface area contributed by atoms with Crippen LogP contribution >= 0.6 is 0 Å². The minimum atomic E-state index is -3.51. The summed E-state index contributed by atoms with van der Waals surface area (Å²) in [6.07, 6.45) is 0. The van der Waals surface area contributed by atoms with Gasteiger partial charge in [-0.1, -0.05) is 12.1 Å². The van der Waals surface area contributed by atoms with E-state index in [-0.39, 0.29) is 11.9 Å². The molecule has 0 spiro atoms. The van der Waals surface area contributed by atoms with Crippen molar-refractivity contribution in [3.05, 3.63) is 58.9 Å². The summed E-state index contributed by atoms with van der Waals surface area (Å²) in [5.41, 5.74) is 4.05. The summed E-state index contributed by atoms with van der Waals surface area (Å²) in [6, 6.07) is 11.2. The van der Waals surface area contributed by atoms with Crippen molar-refractivity contribution in [1.29, 1.82) is 0 Å². The average molecular weight is 484 g/mol. The van der Waals surface area contributed by atoms with Crippen LogP contribution in [-0.4, -0.2) is 65.3 Å². The highest BCUT2D eigenvalue weighted by atomic mass is 32.2. The Kier molecular flexibility index (Phi) is 6.80. The van der Waals surface area contributed by atoms with Gasteiger partial charge >= 0.3 is 0 Å². The summed E-state index contributed by atoms with van der Waals surface area (Å²) < 4.78 is 30.0. The van der Waals surface area contributed by atoms with Crippen molar-refractivity contribution in [2.24, 2.45) is 7.05 Å². The molecule has 182 valence electrons. The Morgan fingerprint density at radius 1 is 1.06 bits per heavy atom. The van der Waals surface area contributed by atoms with Gasteiger partial charge in [-0.05, 0) is 63.1 Å². The first kappa shape index (κ1) is 24.4. The lowest BCUT2D eigenvalue weighted by Gasteiger charge is -2.34. The first-order chi connectivity index (χ1) is 16.1. The molecule has 0 saturated carbocycles. The fourth-order valence-corrected chi connectivity index (χ4v) is 6.06. The van der Waals surface area contributed by atoms with Crippen LogP contribution in [0.5, 0.6) is 0 Å². The maximum Gasteiger partial charge on any atom is 0.251 e. The maximum absolute atomic E-state index is 13.2. The lowest BCUT2D eigenvalue weighted by molar-refractivity contribution is 0.0943. The van der Waals surface area contributed by atoms with E-state index >= 15 is 0 Å². The second kappa shape index (κ2) is 9.48. The normalized spacial score (nSPS) is 15.8. The van der Waals surface area contributed by atoms with Crippen LogP contribution in [0.15, 0.2) is 41.3 Å². The van der Waals surface area contributed by atoms with Crippen molar-refractivity contribution >= 4 is 27.0 Å². The zero-order valence-electron chi connectivity index (χ0n) is 20.5. The van der Waals surface area contributed by atoms with Crippen LogP contribution in [0.2, 0.25) is 0 Å². The quantitative estimate of drug-likeness (QED) is 0.583.